The number of halogens is 1. The van der Waals surface area contributed by atoms with Crippen molar-refractivity contribution in [3.05, 3.63) is 28.8 Å². The van der Waals surface area contributed by atoms with E-state index in [2.05, 4.69) is 5.32 Å². The van der Waals surface area contributed by atoms with Crippen molar-refractivity contribution in [2.75, 3.05) is 31.7 Å². The van der Waals surface area contributed by atoms with Crippen LogP contribution in [0.5, 0.6) is 0 Å². The van der Waals surface area contributed by atoms with Crippen molar-refractivity contribution in [2.24, 2.45) is 5.73 Å². The Balaban J connectivity index is 2.40. The summed E-state index contributed by atoms with van der Waals surface area (Å²) in [5.74, 6) is -0.0809. The first kappa shape index (κ1) is 14.1. The third kappa shape index (κ3) is 2.83. The van der Waals surface area contributed by atoms with Crippen LogP contribution in [-0.4, -0.2) is 38.8 Å². The number of hydrogen-bond donors (Lipinski definition) is 2. The highest BCUT2D eigenvalue weighted by Crippen LogP contribution is 2.32. The summed E-state index contributed by atoms with van der Waals surface area (Å²) in [4.78, 5) is 13.9. The monoisotopic (exact) mass is 283 g/mol. The van der Waals surface area contributed by atoms with Crippen molar-refractivity contribution in [1.82, 2.24) is 5.32 Å². The summed E-state index contributed by atoms with van der Waals surface area (Å²) >= 11 is 6.28. The molecule has 3 N–H and O–H groups in total. The van der Waals surface area contributed by atoms with Gasteiger partial charge in [0.25, 0.3) is 0 Å². The molecule has 1 atom stereocenters. The van der Waals surface area contributed by atoms with Gasteiger partial charge in [0.1, 0.15) is 6.04 Å². The van der Waals surface area contributed by atoms with E-state index in [0.29, 0.717) is 31.3 Å². The molecule has 1 aliphatic rings. The lowest BCUT2D eigenvalue weighted by Gasteiger charge is -2.37. The first-order chi connectivity index (χ1) is 9.19. The number of hydrogen-bond acceptors (Lipinski definition) is 4. The van der Waals surface area contributed by atoms with Crippen LogP contribution in [0.4, 0.5) is 5.69 Å². The number of carbonyl (C=O) groups excluding carboxylic acids is 1. The molecule has 0 spiro atoms. The number of nitrogens with zero attached hydrogens (tertiary/aromatic N) is 1. The van der Waals surface area contributed by atoms with Gasteiger partial charge >= 0.3 is 0 Å². The van der Waals surface area contributed by atoms with Crippen LogP contribution in [-0.2, 0) is 16.1 Å². The van der Waals surface area contributed by atoms with Crippen LogP contribution in [0.3, 0.4) is 0 Å². The Labute approximate surface area is 117 Å². The molecule has 1 saturated heterocycles. The highest BCUT2D eigenvalue weighted by Gasteiger charge is 2.31. The Morgan fingerprint density at radius 1 is 1.63 bits per heavy atom. The van der Waals surface area contributed by atoms with E-state index >= 15 is 0 Å². The minimum atomic E-state index is -0.371. The average molecular weight is 284 g/mol. The highest BCUT2D eigenvalue weighted by atomic mass is 35.5. The number of morpholine rings is 1. The molecular weight excluding hydrogens is 266 g/mol. The molecule has 1 aromatic rings. The molecule has 0 bridgehead atoms. The van der Waals surface area contributed by atoms with Crippen molar-refractivity contribution in [2.45, 2.75) is 12.6 Å². The number of carbonyl (C=O) groups is 1. The van der Waals surface area contributed by atoms with E-state index in [0.717, 1.165) is 11.3 Å². The summed E-state index contributed by atoms with van der Waals surface area (Å²) in [6.45, 7) is 1.93. The number of rotatable bonds is 3. The Kier molecular flexibility index (Phi) is 4.63. The molecule has 6 heteroatoms. The van der Waals surface area contributed by atoms with E-state index in [4.69, 9.17) is 22.1 Å². The number of ether oxygens (including phenoxy) is 1. The summed E-state index contributed by atoms with van der Waals surface area (Å²) in [5.41, 5.74) is 7.53. The third-order valence-electron chi connectivity index (χ3n) is 3.25. The molecule has 1 unspecified atom stereocenters. The molecule has 1 amide bonds. The molecule has 1 aliphatic heterocycles. The maximum Gasteiger partial charge on any atom is 0.244 e. The zero-order valence-electron chi connectivity index (χ0n) is 10.9. The largest absolute Gasteiger partial charge is 0.377 e. The van der Waals surface area contributed by atoms with Gasteiger partial charge in [-0.15, -0.1) is 0 Å². The number of para-hydroxylation sites is 1. The van der Waals surface area contributed by atoms with Crippen LogP contribution < -0.4 is 16.0 Å². The standard InChI is InChI=1S/C13H18ClN3O2/c1-16-13(18)11-8-19-6-5-17(11)12-9(7-15)3-2-4-10(12)14/h2-4,11H,5-8,15H2,1H3,(H,16,18). The van der Waals surface area contributed by atoms with Crippen LogP contribution in [0.2, 0.25) is 5.02 Å². The van der Waals surface area contributed by atoms with Crippen LogP contribution in [0.15, 0.2) is 18.2 Å². The molecular formula is C13H18ClN3O2. The Hall–Kier alpha value is -1.30. The number of likely N-dealkylation sites (N-methyl/N-ethyl adjacent to an activating group) is 1. The van der Waals surface area contributed by atoms with E-state index in [1.165, 1.54) is 0 Å². The van der Waals surface area contributed by atoms with Crippen LogP contribution in [0.25, 0.3) is 0 Å². The number of nitrogens with one attached hydrogen (secondary N) is 1. The molecule has 1 heterocycles. The molecule has 0 aromatic heterocycles. The van der Waals surface area contributed by atoms with E-state index in [1.54, 1.807) is 7.05 Å². The summed E-state index contributed by atoms with van der Waals surface area (Å²) in [7, 11) is 1.62. The quantitative estimate of drug-likeness (QED) is 0.859. The van der Waals surface area contributed by atoms with Crippen LogP contribution >= 0.6 is 11.6 Å². The van der Waals surface area contributed by atoms with Crippen molar-refractivity contribution in [1.29, 1.82) is 0 Å². The van der Waals surface area contributed by atoms with E-state index in [-0.39, 0.29) is 11.9 Å². The molecule has 0 saturated carbocycles. The second-order valence-electron chi connectivity index (χ2n) is 4.35. The van der Waals surface area contributed by atoms with E-state index in [9.17, 15) is 4.79 Å². The average Bonchev–Trinajstić information content (AvgIpc) is 2.46. The fourth-order valence-corrected chi connectivity index (χ4v) is 2.60. The highest BCUT2D eigenvalue weighted by molar-refractivity contribution is 6.33. The zero-order chi connectivity index (χ0) is 13.8. The maximum absolute atomic E-state index is 12.0. The molecule has 104 valence electrons. The predicted molar refractivity (Wildman–Crippen MR) is 75.4 cm³/mol. The lowest BCUT2D eigenvalue weighted by Crippen LogP contribution is -2.53. The van der Waals surface area contributed by atoms with Gasteiger partial charge in [-0.2, -0.15) is 0 Å². The summed E-state index contributed by atoms with van der Waals surface area (Å²) in [6.07, 6.45) is 0. The molecule has 1 fully saturated rings. The van der Waals surface area contributed by atoms with Crippen LogP contribution in [0.1, 0.15) is 5.56 Å². The molecule has 5 nitrogen and oxygen atoms in total. The number of anilines is 1. The molecule has 0 aliphatic carbocycles. The second kappa shape index (κ2) is 6.23. The van der Waals surface area contributed by atoms with Gasteiger partial charge in [-0.1, -0.05) is 23.7 Å². The Morgan fingerprint density at radius 3 is 3.11 bits per heavy atom. The summed E-state index contributed by atoms with van der Waals surface area (Å²) in [5, 5.41) is 3.27. The minimum Gasteiger partial charge on any atom is -0.377 e. The fraction of sp³-hybridized carbons (Fsp3) is 0.462. The first-order valence-electron chi connectivity index (χ1n) is 6.22. The van der Waals surface area contributed by atoms with E-state index < -0.39 is 0 Å². The topological polar surface area (TPSA) is 67.6 Å². The van der Waals surface area contributed by atoms with Gasteiger partial charge in [-0.05, 0) is 11.6 Å². The van der Waals surface area contributed by atoms with Crippen molar-refractivity contribution in [3.63, 3.8) is 0 Å². The molecule has 19 heavy (non-hydrogen) atoms. The molecule has 2 rings (SSSR count). The number of amides is 1. The van der Waals surface area contributed by atoms with Crippen LogP contribution in [0, 0.1) is 0 Å². The van der Waals surface area contributed by atoms with Crippen molar-refractivity contribution < 1.29 is 9.53 Å². The molecule has 1 aromatic carbocycles. The summed E-state index contributed by atoms with van der Waals surface area (Å²) in [6, 6.07) is 5.23. The Morgan fingerprint density at radius 2 is 2.42 bits per heavy atom. The van der Waals surface area contributed by atoms with Gasteiger partial charge in [-0.3, -0.25) is 4.79 Å². The number of nitrogens with two attached hydrogens (primary N) is 1. The molecule has 0 radical (unpaired) electrons. The van der Waals surface area contributed by atoms with Gasteiger partial charge in [0, 0.05) is 20.1 Å². The van der Waals surface area contributed by atoms with Gasteiger partial charge in [-0.25, -0.2) is 0 Å². The zero-order valence-corrected chi connectivity index (χ0v) is 11.6. The van der Waals surface area contributed by atoms with Crippen molar-refractivity contribution in [3.8, 4) is 0 Å². The van der Waals surface area contributed by atoms with E-state index in [1.807, 2.05) is 23.1 Å². The first-order valence-corrected chi connectivity index (χ1v) is 6.60. The lowest BCUT2D eigenvalue weighted by molar-refractivity contribution is -0.124. The lowest BCUT2D eigenvalue weighted by atomic mass is 10.1. The Bertz CT molecular complexity index is 467. The predicted octanol–water partition coefficient (Wildman–Crippen LogP) is 0.750. The van der Waals surface area contributed by atoms with Gasteiger partial charge in [0.2, 0.25) is 5.91 Å². The normalized spacial score (nSPS) is 19.3. The smallest absolute Gasteiger partial charge is 0.244 e. The third-order valence-corrected chi connectivity index (χ3v) is 3.56. The SMILES string of the molecule is CNC(=O)C1COCCN1c1c(Cl)cccc1CN. The number of benzene rings is 1. The fourth-order valence-electron chi connectivity index (χ4n) is 2.30. The second-order valence-corrected chi connectivity index (χ2v) is 4.76. The maximum atomic E-state index is 12.0. The van der Waals surface area contributed by atoms with Gasteiger partial charge in [0.05, 0.1) is 23.9 Å². The van der Waals surface area contributed by atoms with Crippen molar-refractivity contribution >= 4 is 23.2 Å². The van der Waals surface area contributed by atoms with Gasteiger partial charge < -0.3 is 20.7 Å². The van der Waals surface area contributed by atoms with Gasteiger partial charge in [0.15, 0.2) is 0 Å². The summed E-state index contributed by atoms with van der Waals surface area (Å²) < 4.78 is 5.39. The minimum absolute atomic E-state index is 0.0809.